The summed E-state index contributed by atoms with van der Waals surface area (Å²) in [7, 11) is 0. The SMILES string of the molecule is CC[C@H]1CN(c2ncc(-c3ncc[nH]3)nc2C)CCN1C1CCN(C(=O)c2ccc(Cl)cc2)CC1. The number of piperidine rings is 1. The van der Waals surface area contributed by atoms with E-state index in [4.69, 9.17) is 21.6 Å². The number of anilines is 1. The largest absolute Gasteiger partial charge is 0.352 e. The van der Waals surface area contributed by atoms with Crippen LogP contribution in [0, 0.1) is 6.92 Å². The Morgan fingerprint density at radius 2 is 1.89 bits per heavy atom. The van der Waals surface area contributed by atoms with Crippen LogP contribution in [0.1, 0.15) is 42.2 Å². The molecule has 0 radical (unpaired) electrons. The van der Waals surface area contributed by atoms with E-state index in [0.717, 1.165) is 75.0 Å². The number of halogens is 1. The fourth-order valence-electron chi connectivity index (χ4n) is 5.39. The molecule has 8 nitrogen and oxygen atoms in total. The first kappa shape index (κ1) is 23.8. The maximum Gasteiger partial charge on any atom is 0.253 e. The van der Waals surface area contributed by atoms with Gasteiger partial charge in [-0.1, -0.05) is 18.5 Å². The second kappa shape index (κ2) is 10.3. The number of imidazole rings is 1. The summed E-state index contributed by atoms with van der Waals surface area (Å²) in [6, 6.07) is 8.15. The molecule has 2 aliphatic rings. The van der Waals surface area contributed by atoms with E-state index in [1.165, 1.54) is 0 Å². The van der Waals surface area contributed by atoms with Gasteiger partial charge < -0.3 is 14.8 Å². The Morgan fingerprint density at radius 3 is 2.54 bits per heavy atom. The molecule has 0 unspecified atom stereocenters. The molecule has 1 atom stereocenters. The smallest absolute Gasteiger partial charge is 0.253 e. The molecule has 5 rings (SSSR count). The van der Waals surface area contributed by atoms with Crippen molar-refractivity contribution in [3.05, 3.63) is 59.1 Å². The highest BCUT2D eigenvalue weighted by atomic mass is 35.5. The molecular formula is C26H32ClN7O. The zero-order valence-electron chi connectivity index (χ0n) is 20.3. The number of rotatable bonds is 5. The lowest BCUT2D eigenvalue weighted by Crippen LogP contribution is -2.58. The van der Waals surface area contributed by atoms with E-state index >= 15 is 0 Å². The molecule has 2 saturated heterocycles. The Balaban J connectivity index is 1.20. The molecule has 35 heavy (non-hydrogen) atoms. The fourth-order valence-corrected chi connectivity index (χ4v) is 5.51. The van der Waals surface area contributed by atoms with E-state index in [1.54, 1.807) is 24.5 Å². The first-order valence-corrected chi connectivity index (χ1v) is 12.8. The summed E-state index contributed by atoms with van der Waals surface area (Å²) in [6.45, 7) is 8.74. The van der Waals surface area contributed by atoms with Crippen LogP contribution in [-0.4, -0.2) is 80.5 Å². The van der Waals surface area contributed by atoms with Crippen LogP contribution in [-0.2, 0) is 0 Å². The van der Waals surface area contributed by atoms with Gasteiger partial charge in [0, 0.05) is 67.8 Å². The Hall–Kier alpha value is -2.97. The lowest BCUT2D eigenvalue weighted by atomic mass is 9.97. The van der Waals surface area contributed by atoms with Gasteiger partial charge in [-0.15, -0.1) is 0 Å². The number of hydrogen-bond acceptors (Lipinski definition) is 6. The number of nitrogens with one attached hydrogen (secondary N) is 1. The number of carbonyl (C=O) groups excluding carboxylic acids is 1. The number of nitrogens with zero attached hydrogens (tertiary/aromatic N) is 6. The molecule has 1 N–H and O–H groups in total. The van der Waals surface area contributed by atoms with E-state index in [9.17, 15) is 4.79 Å². The van der Waals surface area contributed by atoms with Crippen molar-refractivity contribution < 1.29 is 4.79 Å². The molecule has 4 heterocycles. The summed E-state index contributed by atoms with van der Waals surface area (Å²) >= 11 is 5.98. The van der Waals surface area contributed by atoms with E-state index in [0.29, 0.717) is 22.7 Å². The summed E-state index contributed by atoms with van der Waals surface area (Å²) in [4.78, 5) is 36.8. The third-order valence-electron chi connectivity index (χ3n) is 7.27. The quantitative estimate of drug-likeness (QED) is 0.578. The Labute approximate surface area is 211 Å². The van der Waals surface area contributed by atoms with E-state index in [-0.39, 0.29) is 5.91 Å². The number of amides is 1. The summed E-state index contributed by atoms with van der Waals surface area (Å²) in [6.07, 6.45) is 8.42. The molecule has 1 amide bonds. The van der Waals surface area contributed by atoms with Crippen molar-refractivity contribution in [3.63, 3.8) is 0 Å². The van der Waals surface area contributed by atoms with Crippen LogP contribution in [0.15, 0.2) is 42.9 Å². The first-order chi connectivity index (χ1) is 17.0. The van der Waals surface area contributed by atoms with E-state index < -0.39 is 0 Å². The molecule has 0 bridgehead atoms. The van der Waals surface area contributed by atoms with E-state index in [2.05, 4.69) is 26.7 Å². The molecule has 184 valence electrons. The molecule has 2 aromatic heterocycles. The Kier molecular flexibility index (Phi) is 7.02. The van der Waals surface area contributed by atoms with Crippen LogP contribution in [0.25, 0.3) is 11.5 Å². The van der Waals surface area contributed by atoms with Crippen LogP contribution >= 0.6 is 11.6 Å². The number of aromatic nitrogens is 4. The third kappa shape index (κ3) is 5.04. The molecule has 3 aromatic rings. The summed E-state index contributed by atoms with van der Waals surface area (Å²) < 4.78 is 0. The van der Waals surface area contributed by atoms with Gasteiger partial charge in [0.15, 0.2) is 5.82 Å². The average molecular weight is 494 g/mol. The monoisotopic (exact) mass is 493 g/mol. The maximum atomic E-state index is 12.9. The zero-order chi connectivity index (χ0) is 24.4. The molecule has 1 aromatic carbocycles. The molecule has 0 spiro atoms. The topological polar surface area (TPSA) is 81.2 Å². The van der Waals surface area contributed by atoms with Gasteiger partial charge >= 0.3 is 0 Å². The number of likely N-dealkylation sites (tertiary alicyclic amines) is 1. The van der Waals surface area contributed by atoms with Gasteiger partial charge in [0.25, 0.3) is 5.91 Å². The highest BCUT2D eigenvalue weighted by Crippen LogP contribution is 2.27. The van der Waals surface area contributed by atoms with Crippen molar-refractivity contribution >= 4 is 23.3 Å². The van der Waals surface area contributed by atoms with Crippen molar-refractivity contribution in [2.45, 2.75) is 45.2 Å². The second-order valence-corrected chi connectivity index (χ2v) is 9.81. The first-order valence-electron chi connectivity index (χ1n) is 12.4. The predicted octanol–water partition coefficient (Wildman–Crippen LogP) is 4.03. The summed E-state index contributed by atoms with van der Waals surface area (Å²) in [5, 5.41) is 0.652. The third-order valence-corrected chi connectivity index (χ3v) is 7.52. The standard InChI is InChI=1S/C26H32ClN7O/c1-3-21-17-33(25-18(2)31-23(16-30-25)24-28-10-11-29-24)14-15-34(21)22-8-12-32(13-9-22)26(35)19-4-6-20(27)7-5-19/h4-7,10-11,16,21-22H,3,8-9,12-15,17H2,1-2H3,(H,28,29)/t21-/m0/s1. The molecule has 2 aliphatic heterocycles. The highest BCUT2D eigenvalue weighted by Gasteiger charge is 2.34. The fraction of sp³-hybridized carbons (Fsp3) is 0.462. The molecular weight excluding hydrogens is 462 g/mol. The number of aromatic amines is 1. The minimum atomic E-state index is 0.101. The summed E-state index contributed by atoms with van der Waals surface area (Å²) in [5.41, 5.74) is 2.40. The Bertz CT molecular complexity index is 1140. The summed E-state index contributed by atoms with van der Waals surface area (Å²) in [5.74, 6) is 1.80. The van der Waals surface area contributed by atoms with Gasteiger partial charge in [-0.2, -0.15) is 0 Å². The van der Waals surface area contributed by atoms with Gasteiger partial charge in [-0.25, -0.2) is 15.0 Å². The predicted molar refractivity (Wildman–Crippen MR) is 138 cm³/mol. The number of hydrogen-bond donors (Lipinski definition) is 1. The van der Waals surface area contributed by atoms with Gasteiger partial charge in [-0.3, -0.25) is 9.69 Å². The Morgan fingerprint density at radius 1 is 1.11 bits per heavy atom. The normalized spacial score (nSPS) is 19.8. The van der Waals surface area contributed by atoms with Crippen molar-refractivity contribution in [1.29, 1.82) is 0 Å². The van der Waals surface area contributed by atoms with E-state index in [1.807, 2.05) is 30.2 Å². The van der Waals surface area contributed by atoms with Crippen molar-refractivity contribution in [2.75, 3.05) is 37.6 Å². The minimum absolute atomic E-state index is 0.101. The lowest BCUT2D eigenvalue weighted by Gasteiger charge is -2.47. The van der Waals surface area contributed by atoms with Crippen LogP contribution in [0.5, 0.6) is 0 Å². The van der Waals surface area contributed by atoms with Crippen LogP contribution in [0.2, 0.25) is 5.02 Å². The van der Waals surface area contributed by atoms with Gasteiger partial charge in [0.05, 0.1) is 11.9 Å². The zero-order valence-corrected chi connectivity index (χ0v) is 21.1. The second-order valence-electron chi connectivity index (χ2n) is 9.38. The van der Waals surface area contributed by atoms with Gasteiger partial charge in [-0.05, 0) is 50.5 Å². The average Bonchev–Trinajstić information content (AvgIpc) is 3.44. The van der Waals surface area contributed by atoms with Crippen molar-refractivity contribution in [3.8, 4) is 11.5 Å². The van der Waals surface area contributed by atoms with Crippen LogP contribution in [0.3, 0.4) is 0 Å². The number of benzene rings is 1. The maximum absolute atomic E-state index is 12.9. The number of carbonyl (C=O) groups is 1. The minimum Gasteiger partial charge on any atom is -0.352 e. The van der Waals surface area contributed by atoms with Crippen molar-refractivity contribution in [1.82, 2.24) is 29.7 Å². The number of aryl methyl sites for hydroxylation is 1. The highest BCUT2D eigenvalue weighted by molar-refractivity contribution is 6.30. The van der Waals surface area contributed by atoms with Crippen LogP contribution < -0.4 is 4.90 Å². The van der Waals surface area contributed by atoms with Gasteiger partial charge in [0.1, 0.15) is 11.5 Å². The molecule has 0 aliphatic carbocycles. The number of piperazine rings is 1. The lowest BCUT2D eigenvalue weighted by molar-refractivity contribution is 0.0490. The molecule has 9 heteroatoms. The number of H-pyrrole nitrogens is 1. The van der Waals surface area contributed by atoms with Crippen LogP contribution in [0.4, 0.5) is 5.82 Å². The van der Waals surface area contributed by atoms with Gasteiger partial charge in [0.2, 0.25) is 0 Å². The molecule has 0 saturated carbocycles. The molecule has 2 fully saturated rings. The van der Waals surface area contributed by atoms with Crippen molar-refractivity contribution in [2.24, 2.45) is 0 Å².